The summed E-state index contributed by atoms with van der Waals surface area (Å²) in [6.07, 6.45) is -0.692. The second-order valence-corrected chi connectivity index (χ2v) is 2.78. The highest BCUT2D eigenvalue weighted by Crippen LogP contribution is 2.19. The standard InChI is InChI=1S/C9H8FNO4/c10-6-3-5(1-2-7(6)12)11-8(13)4-9(14)15/h1-3,12H,4H2,(H,11,13)(H,14,15). The normalized spacial score (nSPS) is 9.67. The van der Waals surface area contributed by atoms with E-state index in [1.165, 1.54) is 6.07 Å². The second-order valence-electron chi connectivity index (χ2n) is 2.78. The summed E-state index contributed by atoms with van der Waals surface area (Å²) in [6, 6.07) is 3.22. The number of halogens is 1. The maximum Gasteiger partial charge on any atom is 0.312 e. The predicted molar refractivity (Wildman–Crippen MR) is 48.9 cm³/mol. The number of phenolic OH excluding ortho intramolecular Hbond substituents is 1. The van der Waals surface area contributed by atoms with E-state index in [0.717, 1.165) is 12.1 Å². The van der Waals surface area contributed by atoms with Crippen molar-refractivity contribution in [1.29, 1.82) is 0 Å². The SMILES string of the molecule is O=C(O)CC(=O)Nc1ccc(O)c(F)c1. The summed E-state index contributed by atoms with van der Waals surface area (Å²) in [4.78, 5) is 21.1. The first kappa shape index (κ1) is 11.0. The molecule has 0 aliphatic carbocycles. The molecule has 1 rings (SSSR count). The molecule has 0 aromatic heterocycles. The number of aromatic hydroxyl groups is 1. The fourth-order valence-corrected chi connectivity index (χ4v) is 0.927. The van der Waals surface area contributed by atoms with Crippen LogP contribution in [-0.2, 0) is 9.59 Å². The van der Waals surface area contributed by atoms with Gasteiger partial charge in [-0.3, -0.25) is 9.59 Å². The fraction of sp³-hybridized carbons (Fsp3) is 0.111. The minimum atomic E-state index is -1.27. The van der Waals surface area contributed by atoms with Crippen LogP contribution in [0.1, 0.15) is 6.42 Å². The van der Waals surface area contributed by atoms with E-state index in [0.29, 0.717) is 0 Å². The van der Waals surface area contributed by atoms with Crippen molar-refractivity contribution in [3.8, 4) is 5.75 Å². The van der Waals surface area contributed by atoms with Crippen molar-refractivity contribution in [2.24, 2.45) is 0 Å². The maximum absolute atomic E-state index is 12.8. The zero-order chi connectivity index (χ0) is 11.4. The van der Waals surface area contributed by atoms with E-state index >= 15 is 0 Å². The Labute approximate surface area is 84.2 Å². The van der Waals surface area contributed by atoms with Gasteiger partial charge in [0.2, 0.25) is 5.91 Å². The zero-order valence-corrected chi connectivity index (χ0v) is 7.53. The van der Waals surface area contributed by atoms with Crippen LogP contribution in [0.2, 0.25) is 0 Å². The molecule has 0 aliphatic rings. The Morgan fingerprint density at radius 1 is 1.40 bits per heavy atom. The number of nitrogens with one attached hydrogen (secondary N) is 1. The molecule has 3 N–H and O–H groups in total. The molecule has 0 atom stereocenters. The highest BCUT2D eigenvalue weighted by atomic mass is 19.1. The number of carboxylic acids is 1. The Hall–Kier alpha value is -2.11. The van der Waals surface area contributed by atoms with Gasteiger partial charge >= 0.3 is 5.97 Å². The molecule has 0 bridgehead atoms. The molecule has 0 unspecified atom stereocenters. The number of aliphatic carboxylic acids is 1. The van der Waals surface area contributed by atoms with E-state index in [2.05, 4.69) is 5.32 Å². The first-order valence-electron chi connectivity index (χ1n) is 3.99. The molecular formula is C9H8FNO4. The predicted octanol–water partition coefficient (Wildman–Crippen LogP) is 0.945. The smallest absolute Gasteiger partial charge is 0.312 e. The molecule has 0 heterocycles. The van der Waals surface area contributed by atoms with Crippen LogP contribution in [0.15, 0.2) is 18.2 Å². The molecule has 0 saturated heterocycles. The highest BCUT2D eigenvalue weighted by molar-refractivity contribution is 6.01. The molecule has 1 amide bonds. The number of carbonyl (C=O) groups is 2. The summed E-state index contributed by atoms with van der Waals surface area (Å²) in [7, 11) is 0. The van der Waals surface area contributed by atoms with Gasteiger partial charge in [-0.15, -0.1) is 0 Å². The van der Waals surface area contributed by atoms with Crippen LogP contribution in [-0.4, -0.2) is 22.1 Å². The molecule has 15 heavy (non-hydrogen) atoms. The van der Waals surface area contributed by atoms with Crippen LogP contribution in [0.25, 0.3) is 0 Å². The number of phenols is 1. The Balaban J connectivity index is 2.69. The third-order valence-corrected chi connectivity index (χ3v) is 1.54. The Morgan fingerprint density at radius 3 is 2.60 bits per heavy atom. The van der Waals surface area contributed by atoms with Crippen LogP contribution in [0.3, 0.4) is 0 Å². The summed E-state index contributed by atoms with van der Waals surface area (Å²) in [5, 5.41) is 19.3. The summed E-state index contributed by atoms with van der Waals surface area (Å²) in [5.41, 5.74) is 0.0940. The number of carboxylic acid groups (broad SMARTS) is 1. The monoisotopic (exact) mass is 213 g/mol. The van der Waals surface area contributed by atoms with Crippen molar-refractivity contribution in [2.45, 2.75) is 6.42 Å². The van der Waals surface area contributed by atoms with Gasteiger partial charge in [0, 0.05) is 11.8 Å². The highest BCUT2D eigenvalue weighted by Gasteiger charge is 2.08. The fourth-order valence-electron chi connectivity index (χ4n) is 0.927. The van der Waals surface area contributed by atoms with Gasteiger partial charge in [-0.05, 0) is 12.1 Å². The van der Waals surface area contributed by atoms with Gasteiger partial charge in [-0.1, -0.05) is 0 Å². The van der Waals surface area contributed by atoms with Crippen LogP contribution < -0.4 is 5.32 Å². The third kappa shape index (κ3) is 3.26. The van der Waals surface area contributed by atoms with Crippen molar-refractivity contribution >= 4 is 17.6 Å². The molecular weight excluding hydrogens is 205 g/mol. The maximum atomic E-state index is 12.8. The zero-order valence-electron chi connectivity index (χ0n) is 7.53. The third-order valence-electron chi connectivity index (χ3n) is 1.54. The summed E-state index contributed by atoms with van der Waals surface area (Å²) in [5.74, 6) is -3.45. The molecule has 80 valence electrons. The lowest BCUT2D eigenvalue weighted by atomic mass is 10.3. The molecule has 1 aromatic carbocycles. The van der Waals surface area contributed by atoms with Gasteiger partial charge in [-0.2, -0.15) is 0 Å². The van der Waals surface area contributed by atoms with Crippen molar-refractivity contribution in [1.82, 2.24) is 0 Å². The lowest BCUT2D eigenvalue weighted by Gasteiger charge is -2.03. The Bertz CT molecular complexity index is 405. The largest absolute Gasteiger partial charge is 0.505 e. The first-order chi connectivity index (χ1) is 6.99. The molecule has 0 fully saturated rings. The van der Waals surface area contributed by atoms with Gasteiger partial charge in [0.05, 0.1) is 0 Å². The molecule has 1 aromatic rings. The summed E-state index contributed by atoms with van der Waals surface area (Å²) >= 11 is 0. The van der Waals surface area contributed by atoms with Crippen molar-refractivity contribution in [3.05, 3.63) is 24.0 Å². The van der Waals surface area contributed by atoms with E-state index in [4.69, 9.17) is 10.2 Å². The topological polar surface area (TPSA) is 86.6 Å². The molecule has 0 aliphatic heterocycles. The first-order valence-corrected chi connectivity index (χ1v) is 3.99. The molecule has 0 saturated carbocycles. The summed E-state index contributed by atoms with van der Waals surface area (Å²) in [6.45, 7) is 0. The van der Waals surface area contributed by atoms with Crippen molar-refractivity contribution in [3.63, 3.8) is 0 Å². The van der Waals surface area contributed by atoms with Gasteiger partial charge < -0.3 is 15.5 Å². The van der Waals surface area contributed by atoms with Crippen LogP contribution in [0.5, 0.6) is 5.75 Å². The van der Waals surface area contributed by atoms with Gasteiger partial charge in [0.1, 0.15) is 6.42 Å². The molecule has 0 radical (unpaired) electrons. The summed E-state index contributed by atoms with van der Waals surface area (Å²) < 4.78 is 12.8. The van der Waals surface area contributed by atoms with Crippen molar-refractivity contribution < 1.29 is 24.2 Å². The molecule has 5 nitrogen and oxygen atoms in total. The number of rotatable bonds is 3. The minimum Gasteiger partial charge on any atom is -0.505 e. The van der Waals surface area contributed by atoms with Crippen molar-refractivity contribution in [2.75, 3.05) is 5.32 Å². The van der Waals surface area contributed by atoms with Gasteiger partial charge in [0.15, 0.2) is 11.6 Å². The average Bonchev–Trinajstić information content (AvgIpc) is 2.10. The van der Waals surface area contributed by atoms with E-state index in [9.17, 15) is 14.0 Å². The minimum absolute atomic E-state index is 0.0940. The number of anilines is 1. The second kappa shape index (κ2) is 4.41. The lowest BCUT2D eigenvalue weighted by molar-refractivity contribution is -0.139. The van der Waals surface area contributed by atoms with E-state index < -0.39 is 29.9 Å². The van der Waals surface area contributed by atoms with E-state index in [1.54, 1.807) is 0 Å². The Morgan fingerprint density at radius 2 is 2.07 bits per heavy atom. The number of hydrogen-bond donors (Lipinski definition) is 3. The average molecular weight is 213 g/mol. The van der Waals surface area contributed by atoms with E-state index in [-0.39, 0.29) is 5.69 Å². The van der Waals surface area contributed by atoms with Crippen LogP contribution >= 0.6 is 0 Å². The van der Waals surface area contributed by atoms with Crippen LogP contribution in [0.4, 0.5) is 10.1 Å². The number of hydrogen-bond acceptors (Lipinski definition) is 3. The number of benzene rings is 1. The number of carbonyl (C=O) groups excluding carboxylic acids is 1. The molecule has 0 spiro atoms. The quantitative estimate of drug-likeness (QED) is 0.515. The van der Waals surface area contributed by atoms with Gasteiger partial charge in [0.25, 0.3) is 0 Å². The Kier molecular flexibility index (Phi) is 3.22. The number of amides is 1. The van der Waals surface area contributed by atoms with E-state index in [1.807, 2.05) is 0 Å². The van der Waals surface area contributed by atoms with Gasteiger partial charge in [-0.25, -0.2) is 4.39 Å². The van der Waals surface area contributed by atoms with Crippen LogP contribution in [0, 0.1) is 5.82 Å². The lowest BCUT2D eigenvalue weighted by Crippen LogP contribution is -2.15. The molecule has 6 heteroatoms.